The molecule has 0 aromatic carbocycles. The molecule has 0 aliphatic heterocycles. The van der Waals surface area contributed by atoms with Crippen LogP contribution in [-0.2, 0) is 9.59 Å². The van der Waals surface area contributed by atoms with E-state index in [-0.39, 0.29) is 16.6 Å². The van der Waals surface area contributed by atoms with Gasteiger partial charge in [0.05, 0.1) is 4.91 Å². The highest BCUT2D eigenvalue weighted by Crippen LogP contribution is 2.66. The second-order valence-electron chi connectivity index (χ2n) is 9.14. The fourth-order valence-corrected chi connectivity index (χ4v) is 7.68. The summed E-state index contributed by atoms with van der Waals surface area (Å²) in [7, 11) is 0. The van der Waals surface area contributed by atoms with Crippen molar-refractivity contribution in [2.45, 2.75) is 53.4 Å². The van der Waals surface area contributed by atoms with Gasteiger partial charge < -0.3 is 0 Å². The van der Waals surface area contributed by atoms with E-state index in [0.29, 0.717) is 29.5 Å². The maximum Gasteiger partial charge on any atom is 0.192 e. The van der Waals surface area contributed by atoms with Crippen LogP contribution in [0, 0.1) is 34.5 Å². The first kappa shape index (κ1) is 18.3. The molecule has 0 spiro atoms. The zero-order valence-electron chi connectivity index (χ0n) is 16.4. The highest BCUT2D eigenvalue weighted by molar-refractivity contribution is 8.04. The van der Waals surface area contributed by atoms with Crippen molar-refractivity contribution in [2.24, 2.45) is 34.5 Å². The summed E-state index contributed by atoms with van der Waals surface area (Å²) < 4.78 is 0. The highest BCUT2D eigenvalue weighted by Gasteiger charge is 2.61. The maximum absolute atomic E-state index is 12.6. The molecule has 2 nitrogen and oxygen atoms in total. The largest absolute Gasteiger partial charge is 0.299 e. The molecule has 4 aliphatic carbocycles. The van der Waals surface area contributed by atoms with E-state index < -0.39 is 0 Å². The van der Waals surface area contributed by atoms with Gasteiger partial charge in [0.15, 0.2) is 5.78 Å². The fourth-order valence-electron chi connectivity index (χ4n) is 6.69. The van der Waals surface area contributed by atoms with Crippen molar-refractivity contribution in [1.29, 1.82) is 0 Å². The fraction of sp³-hybridized carbons (Fsp3) is 0.652. The molecular weight excluding hydrogens is 340 g/mol. The smallest absolute Gasteiger partial charge is 0.192 e. The molecule has 0 radical (unpaired) electrons. The Balaban J connectivity index is 1.85. The minimum atomic E-state index is -0.136. The number of thioether (sulfide) groups is 1. The van der Waals surface area contributed by atoms with Crippen LogP contribution in [0.4, 0.5) is 0 Å². The van der Waals surface area contributed by atoms with Crippen LogP contribution in [0.5, 0.6) is 0 Å². The number of carbonyl (C=O) groups excluding carboxylic acids is 2. The molecule has 26 heavy (non-hydrogen) atoms. The van der Waals surface area contributed by atoms with E-state index in [1.165, 1.54) is 5.57 Å². The summed E-state index contributed by atoms with van der Waals surface area (Å²) in [6.45, 7) is 13.4. The Bertz CT molecular complexity index is 760. The Labute approximate surface area is 161 Å². The molecule has 6 atom stereocenters. The third kappa shape index (κ3) is 2.19. The summed E-state index contributed by atoms with van der Waals surface area (Å²) in [6.07, 6.45) is 7.81. The summed E-state index contributed by atoms with van der Waals surface area (Å²) in [6, 6.07) is 0. The van der Waals surface area contributed by atoms with Crippen LogP contribution < -0.4 is 0 Å². The second-order valence-corrected chi connectivity index (χ2v) is 10.4. The van der Waals surface area contributed by atoms with Crippen LogP contribution in [0.2, 0.25) is 0 Å². The van der Waals surface area contributed by atoms with Crippen molar-refractivity contribution in [3.05, 3.63) is 34.8 Å². The first-order valence-electron chi connectivity index (χ1n) is 10.1. The molecule has 3 saturated carbocycles. The number of rotatable bonds is 2. The van der Waals surface area contributed by atoms with Gasteiger partial charge in [-0.25, -0.2) is 0 Å². The van der Waals surface area contributed by atoms with Gasteiger partial charge in [0.1, 0.15) is 5.78 Å². The molecule has 4 rings (SSSR count). The Hall–Kier alpha value is -1.09. The number of fused-ring (bicyclic) bond motifs is 5. The molecule has 0 saturated heterocycles. The lowest BCUT2D eigenvalue weighted by atomic mass is 9.45. The van der Waals surface area contributed by atoms with Crippen LogP contribution in [0.15, 0.2) is 34.8 Å². The van der Waals surface area contributed by atoms with E-state index >= 15 is 0 Å². The molecule has 0 unspecified atom stereocenters. The van der Waals surface area contributed by atoms with Gasteiger partial charge in [-0.3, -0.25) is 9.59 Å². The lowest BCUT2D eigenvalue weighted by Gasteiger charge is -2.58. The van der Waals surface area contributed by atoms with Crippen molar-refractivity contribution in [2.75, 3.05) is 5.75 Å². The molecule has 0 heterocycles. The molecule has 0 bridgehead atoms. The van der Waals surface area contributed by atoms with Gasteiger partial charge in [-0.2, -0.15) is 0 Å². The Kier molecular flexibility index (Phi) is 4.19. The Morgan fingerprint density at radius 2 is 1.96 bits per heavy atom. The first-order valence-corrected chi connectivity index (χ1v) is 11.1. The Morgan fingerprint density at radius 3 is 2.65 bits per heavy atom. The number of hydrogen-bond acceptors (Lipinski definition) is 3. The topological polar surface area (TPSA) is 34.1 Å². The highest BCUT2D eigenvalue weighted by atomic mass is 32.2. The zero-order valence-corrected chi connectivity index (χ0v) is 17.2. The van der Waals surface area contributed by atoms with E-state index in [1.54, 1.807) is 17.8 Å². The minimum Gasteiger partial charge on any atom is -0.299 e. The molecule has 4 aliphatic rings. The van der Waals surface area contributed by atoms with E-state index in [4.69, 9.17) is 0 Å². The molecule has 3 fully saturated rings. The third-order valence-corrected chi connectivity index (χ3v) is 9.10. The monoisotopic (exact) mass is 370 g/mol. The van der Waals surface area contributed by atoms with Crippen LogP contribution in [0.1, 0.15) is 53.4 Å². The number of carbonyl (C=O) groups is 2. The first-order chi connectivity index (χ1) is 12.3. The molecule has 0 aromatic rings. The summed E-state index contributed by atoms with van der Waals surface area (Å²) in [5.74, 6) is 3.32. The van der Waals surface area contributed by atoms with Gasteiger partial charge in [0.2, 0.25) is 0 Å². The van der Waals surface area contributed by atoms with Gasteiger partial charge >= 0.3 is 0 Å². The second kappa shape index (κ2) is 5.95. The summed E-state index contributed by atoms with van der Waals surface area (Å²) >= 11 is 1.67. The predicted octanol–water partition coefficient (Wildman–Crippen LogP) is 5.36. The van der Waals surface area contributed by atoms with Crippen molar-refractivity contribution in [1.82, 2.24) is 0 Å². The number of ketones is 2. The van der Waals surface area contributed by atoms with Gasteiger partial charge in [-0.05, 0) is 65.9 Å². The number of hydrogen-bond donors (Lipinski definition) is 0. The number of Topliss-reactive ketones (excluding diaryl/α,β-unsaturated/α-hetero) is 1. The van der Waals surface area contributed by atoms with Crippen LogP contribution in [-0.4, -0.2) is 17.3 Å². The predicted molar refractivity (Wildman–Crippen MR) is 108 cm³/mol. The van der Waals surface area contributed by atoms with Crippen LogP contribution in [0.3, 0.4) is 0 Å². The molecule has 140 valence electrons. The third-order valence-electron chi connectivity index (χ3n) is 8.12. The van der Waals surface area contributed by atoms with E-state index in [2.05, 4.69) is 40.3 Å². The van der Waals surface area contributed by atoms with Crippen molar-refractivity contribution in [3.8, 4) is 0 Å². The lowest BCUT2D eigenvalue weighted by Crippen LogP contribution is -2.53. The Morgan fingerprint density at radius 1 is 1.23 bits per heavy atom. The van der Waals surface area contributed by atoms with E-state index in [1.807, 2.05) is 0 Å². The molecule has 0 N–H and O–H groups in total. The van der Waals surface area contributed by atoms with Crippen LogP contribution in [0.25, 0.3) is 0 Å². The quantitative estimate of drug-likeness (QED) is 0.656. The van der Waals surface area contributed by atoms with Crippen molar-refractivity contribution < 1.29 is 9.59 Å². The van der Waals surface area contributed by atoms with Gasteiger partial charge in [-0.15, -0.1) is 11.8 Å². The molecule has 3 heteroatoms. The molecule has 0 amide bonds. The standard InChI is InChI=1S/C23H30O2S/c1-6-26-21-17(24)10-12-23(5)16-9-11-22(4)15(7-8-18(22)25)19(16)13(2)14(3)20(21)23/h10,12-13,15-16,19H,3,6-9,11H2,1-2,4-5H3/t13-,15+,16+,19+,22+,23-/m1/s1. The maximum atomic E-state index is 12.6. The van der Waals surface area contributed by atoms with Gasteiger partial charge in [0, 0.05) is 17.3 Å². The number of allylic oxidation sites excluding steroid dienone is 5. The SMILES string of the molecule is C=C1C2=C(SCC)C(=O)C=C[C@]2(C)[C@H]2CC[C@]3(C)C(=O)CC[C@H]3[C@@H]2[C@@H]1C. The summed E-state index contributed by atoms with van der Waals surface area (Å²) in [5, 5.41) is 0. The van der Waals surface area contributed by atoms with Gasteiger partial charge in [0.25, 0.3) is 0 Å². The average Bonchev–Trinajstić information content (AvgIpc) is 2.91. The van der Waals surface area contributed by atoms with E-state index in [9.17, 15) is 9.59 Å². The summed E-state index contributed by atoms with van der Waals surface area (Å²) in [5.41, 5.74) is 2.10. The van der Waals surface area contributed by atoms with Gasteiger partial charge in [-0.1, -0.05) is 40.3 Å². The summed E-state index contributed by atoms with van der Waals surface area (Å²) in [4.78, 5) is 26.2. The van der Waals surface area contributed by atoms with Crippen molar-refractivity contribution >= 4 is 23.3 Å². The van der Waals surface area contributed by atoms with Crippen molar-refractivity contribution in [3.63, 3.8) is 0 Å². The molecule has 0 aromatic heterocycles. The minimum absolute atomic E-state index is 0.118. The molecular formula is C23H30O2S. The average molecular weight is 371 g/mol. The lowest BCUT2D eigenvalue weighted by molar-refractivity contribution is -0.132. The van der Waals surface area contributed by atoms with Crippen LogP contribution >= 0.6 is 11.8 Å². The van der Waals surface area contributed by atoms with E-state index in [0.717, 1.165) is 41.9 Å². The normalized spacial score (nSPS) is 44.8. The zero-order chi connectivity index (χ0) is 18.9.